The number of hydrogen-bond donors (Lipinski definition) is 4. The van der Waals surface area contributed by atoms with Gasteiger partial charge >= 0.3 is 20.2 Å². The second-order valence-corrected chi connectivity index (χ2v) is 22.5. The normalized spacial score (nSPS) is 22.3. The van der Waals surface area contributed by atoms with E-state index in [9.17, 15) is 42.1 Å². The molecule has 4 aliphatic heterocycles. The van der Waals surface area contributed by atoms with Gasteiger partial charge in [0, 0.05) is 0 Å². The van der Waals surface area contributed by atoms with Crippen LogP contribution in [-0.4, -0.2) is 75.9 Å². The van der Waals surface area contributed by atoms with Gasteiger partial charge in [0.1, 0.15) is 64.9 Å². The van der Waals surface area contributed by atoms with Crippen LogP contribution in [0, 0.1) is 13.8 Å². The second-order valence-electron chi connectivity index (χ2n) is 13.7. The van der Waals surface area contributed by atoms with E-state index in [4.69, 9.17) is 18.9 Å². The molecule has 0 aliphatic carbocycles. The van der Waals surface area contributed by atoms with Crippen molar-refractivity contribution in [3.8, 4) is 23.0 Å². The molecule has 4 aromatic carbocycles. The number of aryl methyl sites for hydroxylation is 2. The molecule has 21 nitrogen and oxygen atoms in total. The summed E-state index contributed by atoms with van der Waals surface area (Å²) >= 11 is 0. The monoisotopic (exact) mass is 946 g/mol. The van der Waals surface area contributed by atoms with Crippen LogP contribution in [0.3, 0.4) is 0 Å². The fourth-order valence-corrected chi connectivity index (χ4v) is 12.6. The first-order chi connectivity index (χ1) is 28.4. The van der Waals surface area contributed by atoms with Crippen molar-refractivity contribution in [1.82, 2.24) is 21.7 Å². The van der Waals surface area contributed by atoms with Gasteiger partial charge in [0.25, 0.3) is 10.1 Å². The van der Waals surface area contributed by atoms with Crippen molar-refractivity contribution in [3.05, 3.63) is 76.9 Å². The van der Waals surface area contributed by atoms with E-state index >= 15 is 0 Å². The zero-order chi connectivity index (χ0) is 44.6. The van der Waals surface area contributed by atoms with E-state index in [2.05, 4.69) is 34.3 Å². The summed E-state index contributed by atoms with van der Waals surface area (Å²) in [5.41, 5.74) is 12.7. The molecule has 8 rings (SSSR count). The van der Waals surface area contributed by atoms with Gasteiger partial charge in [-0.1, -0.05) is 6.07 Å². The predicted octanol–water partition coefficient (Wildman–Crippen LogP) is 2.81. The third-order valence-corrected chi connectivity index (χ3v) is 16.9. The zero-order valence-corrected chi connectivity index (χ0v) is 37.1. The Hall–Kier alpha value is -4.13. The third-order valence-electron chi connectivity index (χ3n) is 9.51. The van der Waals surface area contributed by atoms with Crippen LogP contribution in [0.1, 0.15) is 48.6 Å². The lowest BCUT2D eigenvalue weighted by atomic mass is 10.2. The summed E-state index contributed by atoms with van der Waals surface area (Å²) in [4.78, 5) is -2.78. The van der Waals surface area contributed by atoms with Crippen molar-refractivity contribution in [2.75, 3.05) is 21.3 Å². The molecule has 2 saturated heterocycles. The first kappa shape index (κ1) is 44.9. The van der Waals surface area contributed by atoms with E-state index in [1.54, 1.807) is 26.8 Å². The Morgan fingerprint density at radius 3 is 1.33 bits per heavy atom. The minimum atomic E-state index is -4.49. The fourth-order valence-electron chi connectivity index (χ4n) is 6.54. The van der Waals surface area contributed by atoms with E-state index in [0.717, 1.165) is 33.0 Å². The van der Waals surface area contributed by atoms with Crippen LogP contribution < -0.4 is 31.2 Å². The van der Waals surface area contributed by atoms with E-state index in [1.165, 1.54) is 49.4 Å². The number of benzene rings is 4. The second kappa shape index (κ2) is 15.9. The van der Waals surface area contributed by atoms with Crippen LogP contribution in [0.15, 0.2) is 88.9 Å². The largest absolute Gasteiger partial charge is 0.453 e. The topological polar surface area (TPSA) is 283 Å². The lowest BCUT2D eigenvalue weighted by Crippen LogP contribution is -2.29. The van der Waals surface area contributed by atoms with Gasteiger partial charge in [0.2, 0.25) is 19.7 Å². The number of hydrogen-bond acceptors (Lipinski definition) is 21. The molecule has 0 saturated carbocycles. The molecular formula is C35H38N4O17S5. The fraction of sp³-hybridized carbons (Fsp3) is 0.314. The van der Waals surface area contributed by atoms with Gasteiger partial charge in [-0.15, -0.1) is 0 Å². The Kier molecular flexibility index (Phi) is 11.7. The number of hydrazine groups is 2. The van der Waals surface area contributed by atoms with Gasteiger partial charge in [-0.25, -0.2) is 38.5 Å². The molecule has 0 radical (unpaired) electrons. The molecule has 0 aromatic heterocycles. The molecular weight excluding hydrogens is 909 g/mol. The molecule has 0 bridgehead atoms. The maximum atomic E-state index is 13.6. The number of fused-ring (bicyclic) bond motifs is 4. The van der Waals surface area contributed by atoms with Crippen molar-refractivity contribution in [1.29, 1.82) is 0 Å². The van der Waals surface area contributed by atoms with E-state index in [0.29, 0.717) is 11.1 Å². The summed E-state index contributed by atoms with van der Waals surface area (Å²) in [5, 5.41) is 0. The van der Waals surface area contributed by atoms with Crippen LogP contribution in [0.2, 0.25) is 0 Å². The molecule has 2 fully saturated rings. The maximum Gasteiger partial charge on any atom is 0.300 e. The highest BCUT2D eigenvalue weighted by Gasteiger charge is 2.42. The van der Waals surface area contributed by atoms with E-state index in [-0.39, 0.29) is 38.0 Å². The van der Waals surface area contributed by atoms with Gasteiger partial charge in [0.15, 0.2) is 17.2 Å². The molecule has 4 heterocycles. The van der Waals surface area contributed by atoms with Crippen LogP contribution >= 0.6 is 0 Å². The molecule has 61 heavy (non-hydrogen) atoms. The zero-order valence-electron chi connectivity index (χ0n) is 33.0. The molecule has 4 N–H and O–H groups in total. The predicted molar refractivity (Wildman–Crippen MR) is 208 cm³/mol. The summed E-state index contributed by atoms with van der Waals surface area (Å²) in [6.07, 6.45) is -2.42. The Morgan fingerprint density at radius 1 is 0.508 bits per heavy atom. The average molecular weight is 947 g/mol. The minimum absolute atomic E-state index is 0.0234. The highest BCUT2D eigenvalue weighted by Crippen LogP contribution is 2.51. The number of rotatable bonds is 8. The summed E-state index contributed by atoms with van der Waals surface area (Å²) in [5.74, 6) is -1.39. The van der Waals surface area contributed by atoms with E-state index < -0.39 is 99.8 Å². The summed E-state index contributed by atoms with van der Waals surface area (Å²) in [6.45, 7) is 6.69. The number of sulfone groups is 2. The van der Waals surface area contributed by atoms with Crippen LogP contribution in [0.25, 0.3) is 0 Å². The lowest BCUT2D eigenvalue weighted by molar-refractivity contribution is 0.0451. The van der Waals surface area contributed by atoms with Crippen molar-refractivity contribution in [2.24, 2.45) is 0 Å². The van der Waals surface area contributed by atoms with E-state index in [1.807, 2.05) is 0 Å². The van der Waals surface area contributed by atoms with Crippen molar-refractivity contribution in [2.45, 2.75) is 86.9 Å². The van der Waals surface area contributed by atoms with Gasteiger partial charge in [-0.2, -0.15) is 25.3 Å². The van der Waals surface area contributed by atoms with Gasteiger partial charge < -0.3 is 18.9 Å². The number of nitrogens with one attached hydrogen (secondary N) is 4. The highest BCUT2D eigenvalue weighted by molar-refractivity contribution is 7.92. The maximum absolute atomic E-state index is 13.6. The van der Waals surface area contributed by atoms with Crippen LogP contribution in [0.4, 0.5) is 0 Å². The Bertz CT molecular complexity index is 3050. The summed E-state index contributed by atoms with van der Waals surface area (Å²) < 4.78 is 165. The van der Waals surface area contributed by atoms with Crippen LogP contribution in [0.5, 0.6) is 23.0 Å². The molecule has 4 unspecified atom stereocenters. The van der Waals surface area contributed by atoms with Crippen molar-refractivity contribution >= 4 is 50.0 Å². The molecule has 26 heteroatoms. The molecule has 330 valence electrons. The Balaban J connectivity index is 0.000000186. The van der Waals surface area contributed by atoms with Gasteiger partial charge in [0.05, 0.1) is 21.3 Å². The SMILES string of the molecule is COS(=O)(=O)c1cc(C)cc2c1Oc1c(S(=O)(=O)OC)cc(C3NNC(C)O3)cc1S2(=O)=O.COS(=O)(=O)c1cc(C2NNC(C)O2)cc2c1Oc1ccc(C)cc1S2(=O)=O. The Labute approximate surface area is 351 Å². The first-order valence-corrected chi connectivity index (χ1v) is 24.9. The lowest BCUT2D eigenvalue weighted by Gasteiger charge is -2.25. The summed E-state index contributed by atoms with van der Waals surface area (Å²) in [7, 11) is -18.8. The standard InChI is InChI=1S/C18H20N2O10S3.C17H18N2O7S2/c1-9-5-12-16(14(6-9)32(23,24)27-3)30-17-13(31(12,21)22)7-11(18-20-19-10(2)29-18)8-15(17)33(25,26)28-4;1-9-4-5-12-13(6-9)27(20,21)14-7-11(17-19-18-10(2)25-17)8-15(16(14)26-12)28(22,23)24-3/h5-8,10,18-20H,1-4H3;4-8,10,17-19H,1-3H3. The van der Waals surface area contributed by atoms with Crippen molar-refractivity contribution in [3.63, 3.8) is 0 Å². The first-order valence-electron chi connectivity index (χ1n) is 17.7. The molecule has 0 spiro atoms. The summed E-state index contributed by atoms with van der Waals surface area (Å²) in [6, 6.07) is 12.0. The minimum Gasteiger partial charge on any atom is -0.453 e. The average Bonchev–Trinajstić information content (AvgIpc) is 3.86. The van der Waals surface area contributed by atoms with Gasteiger partial charge in [-0.3, -0.25) is 12.5 Å². The highest BCUT2D eigenvalue weighted by atomic mass is 32.2. The van der Waals surface area contributed by atoms with Crippen LogP contribution in [-0.2, 0) is 72.1 Å². The van der Waals surface area contributed by atoms with Crippen molar-refractivity contribution < 1.29 is 73.6 Å². The Morgan fingerprint density at radius 2 is 0.902 bits per heavy atom. The molecule has 4 aliphatic rings. The number of ether oxygens (including phenoxy) is 4. The molecule has 4 atom stereocenters. The quantitative estimate of drug-likeness (QED) is 0.160. The van der Waals surface area contributed by atoms with Gasteiger partial charge in [-0.05, 0) is 98.5 Å². The molecule has 4 aromatic rings. The molecule has 0 amide bonds. The smallest absolute Gasteiger partial charge is 0.300 e. The third kappa shape index (κ3) is 8.06.